The number of hydrogen-bond acceptors (Lipinski definition) is 4. The summed E-state index contributed by atoms with van der Waals surface area (Å²) in [5.41, 5.74) is 4.13. The lowest BCUT2D eigenvalue weighted by molar-refractivity contribution is -0.118. The Kier molecular flexibility index (Phi) is 7.20. The van der Waals surface area contributed by atoms with Gasteiger partial charge in [-0.15, -0.1) is 0 Å². The molecule has 3 rings (SSSR count). The molecule has 1 atom stereocenters. The molecule has 28 heavy (non-hydrogen) atoms. The average molecular weight is 401 g/mol. The van der Waals surface area contributed by atoms with Gasteiger partial charge in [0.15, 0.2) is 0 Å². The molecule has 2 aromatic rings. The van der Waals surface area contributed by atoms with Gasteiger partial charge >= 0.3 is 0 Å². The Morgan fingerprint density at radius 2 is 2.00 bits per heavy atom. The minimum atomic E-state index is -1.32. The van der Waals surface area contributed by atoms with Crippen LogP contribution in [0.5, 0.6) is 0 Å². The lowest BCUT2D eigenvalue weighted by atomic mass is 9.97. The van der Waals surface area contributed by atoms with E-state index in [0.29, 0.717) is 23.9 Å². The van der Waals surface area contributed by atoms with E-state index in [0.717, 1.165) is 24.8 Å². The molecule has 0 unspecified atom stereocenters. The van der Waals surface area contributed by atoms with Crippen LogP contribution in [0.1, 0.15) is 49.1 Å². The molecule has 5 nitrogen and oxygen atoms in total. The van der Waals surface area contributed by atoms with Crippen LogP contribution in [-0.2, 0) is 21.3 Å². The first-order chi connectivity index (χ1) is 13.5. The van der Waals surface area contributed by atoms with Gasteiger partial charge in [0, 0.05) is 22.9 Å². The largest absolute Gasteiger partial charge is 0.441 e. The number of oxazole rings is 1. The topological polar surface area (TPSA) is 72.2 Å². The first kappa shape index (κ1) is 20.5. The van der Waals surface area contributed by atoms with E-state index in [2.05, 4.69) is 16.4 Å². The number of nitrogens with one attached hydrogen (secondary N) is 1. The fraction of sp³-hybridized carbons (Fsp3) is 0.455. The summed E-state index contributed by atoms with van der Waals surface area (Å²) in [6.45, 7) is 4.45. The van der Waals surface area contributed by atoms with Crippen molar-refractivity contribution in [3.8, 4) is 11.5 Å². The molecule has 1 N–H and O–H groups in total. The highest BCUT2D eigenvalue weighted by molar-refractivity contribution is 7.84. The van der Waals surface area contributed by atoms with Crippen molar-refractivity contribution < 1.29 is 13.4 Å². The zero-order valence-corrected chi connectivity index (χ0v) is 17.4. The van der Waals surface area contributed by atoms with Gasteiger partial charge in [0.05, 0.1) is 11.4 Å². The van der Waals surface area contributed by atoms with Crippen molar-refractivity contribution in [2.75, 3.05) is 12.3 Å². The van der Waals surface area contributed by atoms with E-state index < -0.39 is 10.8 Å². The van der Waals surface area contributed by atoms with E-state index in [1.165, 1.54) is 24.0 Å². The Balaban J connectivity index is 1.48. The lowest BCUT2D eigenvalue weighted by Crippen LogP contribution is -2.29. The molecule has 0 fully saturated rings. The minimum absolute atomic E-state index is 0.00872. The second-order valence-corrected chi connectivity index (χ2v) is 8.78. The number of aromatic nitrogens is 1. The summed E-state index contributed by atoms with van der Waals surface area (Å²) in [6, 6.07) is 7.91. The van der Waals surface area contributed by atoms with Crippen molar-refractivity contribution in [3.63, 3.8) is 0 Å². The maximum absolute atomic E-state index is 12.4. The second-order valence-electron chi connectivity index (χ2n) is 7.32. The molecule has 1 aliphatic rings. The number of carbonyl (C=O) groups is 1. The number of allylic oxidation sites excluding steroid dienone is 1. The third kappa shape index (κ3) is 5.89. The Labute approximate surface area is 169 Å². The van der Waals surface area contributed by atoms with Gasteiger partial charge < -0.3 is 9.73 Å². The molecule has 0 bridgehead atoms. The number of aryl methyl sites for hydroxylation is 2. The molecule has 1 heterocycles. The molecular weight excluding hydrogens is 372 g/mol. The van der Waals surface area contributed by atoms with Crippen LogP contribution in [0.25, 0.3) is 11.5 Å². The molecule has 1 aromatic heterocycles. The van der Waals surface area contributed by atoms with Crippen LogP contribution in [-0.4, -0.2) is 27.4 Å². The van der Waals surface area contributed by atoms with Crippen molar-refractivity contribution in [2.45, 2.75) is 51.7 Å². The molecule has 0 saturated carbocycles. The number of benzene rings is 1. The molecule has 1 aliphatic carbocycles. The monoisotopic (exact) mass is 400 g/mol. The first-order valence-corrected chi connectivity index (χ1v) is 11.3. The number of amides is 1. The van der Waals surface area contributed by atoms with Crippen LogP contribution in [0.3, 0.4) is 0 Å². The van der Waals surface area contributed by atoms with Gasteiger partial charge in [-0.3, -0.25) is 9.00 Å². The van der Waals surface area contributed by atoms with Crippen molar-refractivity contribution >= 4 is 16.7 Å². The summed E-state index contributed by atoms with van der Waals surface area (Å²) in [7, 11) is -1.32. The van der Waals surface area contributed by atoms with Gasteiger partial charge in [0.1, 0.15) is 11.5 Å². The zero-order valence-electron chi connectivity index (χ0n) is 16.6. The van der Waals surface area contributed by atoms with E-state index in [9.17, 15) is 9.00 Å². The highest BCUT2D eigenvalue weighted by atomic mass is 32.2. The van der Waals surface area contributed by atoms with Gasteiger partial charge in [-0.05, 0) is 58.1 Å². The SMILES string of the molecule is Cc1ccc(-c2nc(C[S@](=O)CC(=O)NCCC3=CCCCC3)c(C)o2)cc1. The summed E-state index contributed by atoms with van der Waals surface area (Å²) in [6.07, 6.45) is 7.96. The summed E-state index contributed by atoms with van der Waals surface area (Å²) < 4.78 is 18.1. The highest BCUT2D eigenvalue weighted by Gasteiger charge is 2.16. The number of hydrogen-bond donors (Lipinski definition) is 1. The van der Waals surface area contributed by atoms with Crippen molar-refractivity contribution in [1.29, 1.82) is 0 Å². The summed E-state index contributed by atoms with van der Waals surface area (Å²) in [5, 5.41) is 2.88. The maximum Gasteiger partial charge on any atom is 0.232 e. The Morgan fingerprint density at radius 1 is 1.21 bits per heavy atom. The molecule has 1 aromatic carbocycles. The lowest BCUT2D eigenvalue weighted by Gasteiger charge is -2.12. The van der Waals surface area contributed by atoms with Gasteiger partial charge in [-0.1, -0.05) is 29.3 Å². The fourth-order valence-corrected chi connectivity index (χ4v) is 4.35. The summed E-state index contributed by atoms with van der Waals surface area (Å²) >= 11 is 0. The van der Waals surface area contributed by atoms with Crippen molar-refractivity contribution in [2.24, 2.45) is 0 Å². The maximum atomic E-state index is 12.4. The highest BCUT2D eigenvalue weighted by Crippen LogP contribution is 2.23. The zero-order chi connectivity index (χ0) is 19.9. The van der Waals surface area contributed by atoms with Gasteiger partial charge in [-0.2, -0.15) is 0 Å². The number of nitrogens with zero attached hydrogens (tertiary/aromatic N) is 1. The third-order valence-electron chi connectivity index (χ3n) is 4.93. The van der Waals surface area contributed by atoms with E-state index in [-0.39, 0.29) is 17.4 Å². The first-order valence-electron chi connectivity index (χ1n) is 9.84. The molecule has 0 spiro atoms. The predicted molar refractivity (Wildman–Crippen MR) is 112 cm³/mol. The van der Waals surface area contributed by atoms with E-state index >= 15 is 0 Å². The van der Waals surface area contributed by atoms with Crippen LogP contribution in [0.4, 0.5) is 0 Å². The minimum Gasteiger partial charge on any atom is -0.441 e. The molecule has 0 radical (unpaired) electrons. The molecule has 150 valence electrons. The number of carbonyl (C=O) groups excluding carboxylic acids is 1. The van der Waals surface area contributed by atoms with E-state index in [4.69, 9.17) is 4.42 Å². The standard InChI is InChI=1S/C22H28N2O3S/c1-16-8-10-19(11-9-16)22-24-20(17(2)27-22)14-28(26)15-21(25)23-13-12-18-6-4-3-5-7-18/h6,8-11H,3-5,7,12-15H2,1-2H3,(H,23,25)/t28-/m0/s1. The molecule has 0 saturated heterocycles. The second kappa shape index (κ2) is 9.82. The van der Waals surface area contributed by atoms with Crippen LogP contribution in [0.2, 0.25) is 0 Å². The Morgan fingerprint density at radius 3 is 2.71 bits per heavy atom. The van der Waals surface area contributed by atoms with Crippen molar-refractivity contribution in [1.82, 2.24) is 10.3 Å². The molecule has 6 heteroatoms. The Hall–Kier alpha value is -2.21. The van der Waals surface area contributed by atoms with Crippen LogP contribution in [0.15, 0.2) is 40.3 Å². The van der Waals surface area contributed by atoms with Crippen LogP contribution >= 0.6 is 0 Å². The molecule has 1 amide bonds. The number of rotatable bonds is 8. The predicted octanol–water partition coefficient (Wildman–Crippen LogP) is 4.21. The summed E-state index contributed by atoms with van der Waals surface area (Å²) in [4.78, 5) is 16.5. The quantitative estimate of drug-likeness (QED) is 0.674. The summed E-state index contributed by atoms with van der Waals surface area (Å²) in [5.74, 6) is 1.21. The Bertz CT molecular complexity index is 868. The van der Waals surface area contributed by atoms with Crippen LogP contribution < -0.4 is 5.32 Å². The van der Waals surface area contributed by atoms with Gasteiger partial charge in [0.2, 0.25) is 11.8 Å². The van der Waals surface area contributed by atoms with Gasteiger partial charge in [-0.25, -0.2) is 4.98 Å². The van der Waals surface area contributed by atoms with E-state index in [1.807, 2.05) is 38.1 Å². The normalized spacial score (nSPS) is 15.1. The van der Waals surface area contributed by atoms with Crippen LogP contribution in [0, 0.1) is 13.8 Å². The third-order valence-corrected chi connectivity index (χ3v) is 6.11. The van der Waals surface area contributed by atoms with Crippen molar-refractivity contribution in [3.05, 3.63) is 52.9 Å². The smallest absolute Gasteiger partial charge is 0.232 e. The average Bonchev–Trinajstić information content (AvgIpc) is 3.03. The molecular formula is C22H28N2O3S. The van der Waals surface area contributed by atoms with E-state index in [1.54, 1.807) is 0 Å². The molecule has 0 aliphatic heterocycles. The van der Waals surface area contributed by atoms with Gasteiger partial charge in [0.25, 0.3) is 0 Å². The fourth-order valence-electron chi connectivity index (χ4n) is 3.28.